The lowest BCUT2D eigenvalue weighted by Gasteiger charge is -2.39. The van der Waals surface area contributed by atoms with Crippen molar-refractivity contribution in [1.29, 1.82) is 0 Å². The van der Waals surface area contributed by atoms with E-state index in [1.165, 1.54) is 180 Å². The summed E-state index contributed by atoms with van der Waals surface area (Å²) >= 11 is 0. The van der Waals surface area contributed by atoms with Crippen molar-refractivity contribution in [3.8, 4) is 0 Å². The molecule has 0 radical (unpaired) electrons. The Morgan fingerprint density at radius 1 is 0.540 bits per heavy atom. The van der Waals surface area contributed by atoms with Crippen molar-refractivity contribution < 1.29 is 42.1 Å². The van der Waals surface area contributed by atoms with Crippen LogP contribution in [0.4, 0.5) is 0 Å². The summed E-state index contributed by atoms with van der Waals surface area (Å²) in [5, 5.41) is 43.7. The SMILES string of the molecule is CCCCCCCCCCCCCCCC[N+](C)(CCCCCCCCCCCCCCCC)CCNC(=O)C1(O)C[C@@H](O)C(O)[C@H](O)C1.[Cl-]. The van der Waals surface area contributed by atoms with Crippen LogP contribution in [0.1, 0.15) is 206 Å². The van der Waals surface area contributed by atoms with Crippen LogP contribution in [0.3, 0.4) is 0 Å². The van der Waals surface area contributed by atoms with Gasteiger partial charge in [-0.15, -0.1) is 0 Å². The van der Waals surface area contributed by atoms with Gasteiger partial charge >= 0.3 is 0 Å². The van der Waals surface area contributed by atoms with Crippen LogP contribution in [0, 0.1) is 0 Å². The molecule has 2 atom stereocenters. The fourth-order valence-corrected chi connectivity index (χ4v) is 7.77. The van der Waals surface area contributed by atoms with Crippen LogP contribution in [0.25, 0.3) is 0 Å². The fraction of sp³-hybridized carbons (Fsp3) is 0.976. The zero-order valence-corrected chi connectivity index (χ0v) is 34.1. The zero-order chi connectivity index (χ0) is 36.1. The molecular formula is C42H85ClN2O5. The number of aliphatic hydroxyl groups is 4. The number of nitrogens with zero attached hydrogens (tertiary/aromatic N) is 1. The minimum atomic E-state index is -1.86. The third kappa shape index (κ3) is 24.7. The molecule has 1 fully saturated rings. The molecule has 1 saturated carbocycles. The molecule has 300 valence electrons. The van der Waals surface area contributed by atoms with Gasteiger partial charge in [0, 0.05) is 12.8 Å². The average molecular weight is 734 g/mol. The van der Waals surface area contributed by atoms with E-state index in [-0.39, 0.29) is 25.2 Å². The zero-order valence-electron chi connectivity index (χ0n) is 33.3. The summed E-state index contributed by atoms with van der Waals surface area (Å²) in [5.74, 6) is -0.558. The number of rotatable bonds is 34. The minimum absolute atomic E-state index is 0. The predicted octanol–water partition coefficient (Wildman–Crippen LogP) is 6.12. The normalized spacial score (nSPS) is 20.9. The molecule has 0 unspecified atom stereocenters. The van der Waals surface area contributed by atoms with E-state index < -0.39 is 29.8 Å². The number of likely N-dealkylation sites (N-methyl/N-ethyl adjacent to an activating group) is 1. The van der Waals surface area contributed by atoms with Crippen LogP contribution in [-0.4, -0.2) is 88.0 Å². The van der Waals surface area contributed by atoms with Crippen molar-refractivity contribution in [2.45, 2.75) is 230 Å². The highest BCUT2D eigenvalue weighted by molar-refractivity contribution is 5.85. The third-order valence-electron chi connectivity index (χ3n) is 11.3. The largest absolute Gasteiger partial charge is 1.00 e. The molecule has 7 nitrogen and oxygen atoms in total. The maximum atomic E-state index is 12.9. The quantitative estimate of drug-likeness (QED) is 0.0405. The highest BCUT2D eigenvalue weighted by Gasteiger charge is 2.48. The van der Waals surface area contributed by atoms with Crippen LogP contribution in [0.15, 0.2) is 0 Å². The van der Waals surface area contributed by atoms with Crippen LogP contribution in [0.2, 0.25) is 0 Å². The number of quaternary nitrogens is 1. The molecule has 0 aliphatic heterocycles. The average Bonchev–Trinajstić information content (AvgIpc) is 3.07. The number of nitrogens with one attached hydrogen (secondary N) is 1. The Morgan fingerprint density at radius 3 is 1.12 bits per heavy atom. The number of halogens is 1. The van der Waals surface area contributed by atoms with Crippen molar-refractivity contribution in [3.63, 3.8) is 0 Å². The number of carbonyl (C=O) groups excluding carboxylic acids is 1. The Morgan fingerprint density at radius 2 is 0.820 bits per heavy atom. The number of hydrogen-bond donors (Lipinski definition) is 5. The van der Waals surface area contributed by atoms with Gasteiger partial charge in [0.2, 0.25) is 0 Å². The van der Waals surface area contributed by atoms with E-state index in [0.717, 1.165) is 24.1 Å². The number of aliphatic hydroxyl groups excluding tert-OH is 3. The highest BCUT2D eigenvalue weighted by Crippen LogP contribution is 2.29. The van der Waals surface area contributed by atoms with E-state index in [1.807, 2.05) is 0 Å². The monoisotopic (exact) mass is 733 g/mol. The standard InChI is InChI=1S/C42H84N2O5.ClH/c1-4-6-8-10-12-14-16-18-20-22-24-26-28-30-33-44(3,34-31-29-27-25-23-21-19-17-15-13-11-9-7-5-2)35-32-43-41(48)42(49)36-38(45)40(47)39(46)37-42;/h38-40,45-47,49H,4-37H2,1-3H3;1H/t38-,39-,40?,42?;/m1./s1. The minimum Gasteiger partial charge on any atom is -1.00 e. The lowest BCUT2D eigenvalue weighted by molar-refractivity contribution is -0.908. The van der Waals surface area contributed by atoms with Gasteiger partial charge in [-0.2, -0.15) is 0 Å². The molecule has 1 amide bonds. The van der Waals surface area contributed by atoms with E-state index in [1.54, 1.807) is 0 Å². The van der Waals surface area contributed by atoms with Gasteiger partial charge in [-0.1, -0.05) is 168 Å². The van der Waals surface area contributed by atoms with Crippen molar-refractivity contribution in [3.05, 3.63) is 0 Å². The molecule has 0 bridgehead atoms. The van der Waals surface area contributed by atoms with Crippen molar-refractivity contribution in [1.82, 2.24) is 5.32 Å². The molecule has 1 rings (SSSR count). The van der Waals surface area contributed by atoms with Gasteiger partial charge in [0.25, 0.3) is 5.91 Å². The van der Waals surface area contributed by atoms with Gasteiger partial charge in [-0.05, 0) is 25.7 Å². The first-order chi connectivity index (χ1) is 23.7. The second kappa shape index (κ2) is 32.0. The summed E-state index contributed by atoms with van der Waals surface area (Å²) in [4.78, 5) is 12.9. The molecule has 0 aromatic carbocycles. The van der Waals surface area contributed by atoms with Gasteiger partial charge in [0.05, 0.1) is 45.4 Å². The molecule has 50 heavy (non-hydrogen) atoms. The van der Waals surface area contributed by atoms with Crippen molar-refractivity contribution >= 4 is 5.91 Å². The molecule has 0 heterocycles. The van der Waals surface area contributed by atoms with Crippen LogP contribution < -0.4 is 17.7 Å². The Hall–Kier alpha value is -0.440. The molecular weight excluding hydrogens is 648 g/mol. The lowest BCUT2D eigenvalue weighted by Crippen LogP contribution is -3.00. The van der Waals surface area contributed by atoms with Gasteiger partial charge < -0.3 is 42.6 Å². The first-order valence-electron chi connectivity index (χ1n) is 21.6. The molecule has 8 heteroatoms. The molecule has 5 N–H and O–H groups in total. The fourth-order valence-electron chi connectivity index (χ4n) is 7.77. The summed E-state index contributed by atoms with van der Waals surface area (Å²) in [6.45, 7) is 8.00. The van der Waals surface area contributed by atoms with E-state index in [9.17, 15) is 25.2 Å². The van der Waals surface area contributed by atoms with E-state index in [0.29, 0.717) is 6.54 Å². The summed E-state index contributed by atoms with van der Waals surface area (Å²) in [5.41, 5.74) is -1.86. The summed E-state index contributed by atoms with van der Waals surface area (Å²) < 4.78 is 0.916. The van der Waals surface area contributed by atoms with E-state index >= 15 is 0 Å². The molecule has 0 aromatic rings. The summed E-state index contributed by atoms with van der Waals surface area (Å²) in [7, 11) is 2.32. The van der Waals surface area contributed by atoms with E-state index in [2.05, 4.69) is 26.2 Å². The Bertz CT molecular complexity index is 728. The van der Waals surface area contributed by atoms with Crippen LogP contribution in [0.5, 0.6) is 0 Å². The topological polar surface area (TPSA) is 110 Å². The molecule has 1 aliphatic carbocycles. The lowest BCUT2D eigenvalue weighted by atomic mass is 9.79. The molecule has 1 aliphatic rings. The summed E-state index contributed by atoms with van der Waals surface area (Å²) in [6, 6.07) is 0. The molecule has 0 aromatic heterocycles. The summed E-state index contributed by atoms with van der Waals surface area (Å²) in [6.07, 6.45) is 33.5. The smallest absolute Gasteiger partial charge is 0.252 e. The maximum Gasteiger partial charge on any atom is 0.252 e. The first kappa shape index (κ1) is 49.6. The number of amides is 1. The van der Waals surface area contributed by atoms with Crippen molar-refractivity contribution in [2.24, 2.45) is 0 Å². The second-order valence-corrected chi connectivity index (χ2v) is 16.3. The third-order valence-corrected chi connectivity index (χ3v) is 11.3. The molecule has 0 spiro atoms. The van der Waals surface area contributed by atoms with Gasteiger partial charge in [0.1, 0.15) is 11.7 Å². The van der Waals surface area contributed by atoms with Gasteiger partial charge in [0.15, 0.2) is 0 Å². The van der Waals surface area contributed by atoms with Crippen molar-refractivity contribution in [2.75, 3.05) is 33.2 Å². The van der Waals surface area contributed by atoms with E-state index in [4.69, 9.17) is 0 Å². The van der Waals surface area contributed by atoms with Gasteiger partial charge in [-0.25, -0.2) is 0 Å². The Kier molecular flexibility index (Phi) is 31.7. The maximum absolute atomic E-state index is 12.9. The number of hydrogen-bond acceptors (Lipinski definition) is 5. The second-order valence-electron chi connectivity index (χ2n) is 16.3. The molecule has 0 saturated heterocycles. The highest BCUT2D eigenvalue weighted by atomic mass is 35.5. The Balaban J connectivity index is 0.0000240. The number of carbonyl (C=O) groups is 1. The Labute approximate surface area is 316 Å². The van der Waals surface area contributed by atoms with Crippen LogP contribution in [-0.2, 0) is 4.79 Å². The van der Waals surface area contributed by atoms with Crippen LogP contribution >= 0.6 is 0 Å². The predicted molar refractivity (Wildman–Crippen MR) is 207 cm³/mol. The first-order valence-corrected chi connectivity index (χ1v) is 21.6. The van der Waals surface area contributed by atoms with Gasteiger partial charge in [-0.3, -0.25) is 4.79 Å². The number of unbranched alkanes of at least 4 members (excludes halogenated alkanes) is 26.